The van der Waals surface area contributed by atoms with E-state index in [0.717, 1.165) is 25.2 Å². The number of amides is 2. The molecule has 1 heterocycles. The molecular formula is C21H26N4O2. The quantitative estimate of drug-likeness (QED) is 0.654. The summed E-state index contributed by atoms with van der Waals surface area (Å²) in [6.07, 6.45) is 2.51. The summed E-state index contributed by atoms with van der Waals surface area (Å²) in [5.74, 6) is -0.240. The van der Waals surface area contributed by atoms with Crippen molar-refractivity contribution in [3.63, 3.8) is 0 Å². The Labute approximate surface area is 159 Å². The van der Waals surface area contributed by atoms with Gasteiger partial charge < -0.3 is 21.3 Å². The number of likely N-dealkylation sites (tertiary alicyclic amines) is 1. The molecule has 3 rings (SSSR count). The summed E-state index contributed by atoms with van der Waals surface area (Å²) < 4.78 is 0. The van der Waals surface area contributed by atoms with Gasteiger partial charge in [0.2, 0.25) is 0 Å². The number of nitrogens with zero attached hydrogens (tertiary/aromatic N) is 1. The number of anilines is 1. The Hall–Kier alpha value is -2.86. The molecule has 6 nitrogen and oxygen atoms in total. The Kier molecular flexibility index (Phi) is 6.44. The average molecular weight is 366 g/mol. The molecule has 0 atom stereocenters. The zero-order chi connectivity index (χ0) is 19.1. The van der Waals surface area contributed by atoms with Gasteiger partial charge in [-0.25, -0.2) is 0 Å². The highest BCUT2D eigenvalue weighted by molar-refractivity contribution is 5.95. The first kappa shape index (κ1) is 18.9. The van der Waals surface area contributed by atoms with Crippen LogP contribution in [0.3, 0.4) is 0 Å². The largest absolute Gasteiger partial charge is 0.399 e. The first-order valence-corrected chi connectivity index (χ1v) is 9.35. The van der Waals surface area contributed by atoms with Crippen molar-refractivity contribution in [2.75, 3.05) is 31.9 Å². The van der Waals surface area contributed by atoms with E-state index in [-0.39, 0.29) is 11.8 Å². The van der Waals surface area contributed by atoms with E-state index < -0.39 is 0 Å². The van der Waals surface area contributed by atoms with Crippen molar-refractivity contribution in [3.8, 4) is 0 Å². The second kappa shape index (κ2) is 9.19. The van der Waals surface area contributed by atoms with Crippen LogP contribution in [0.25, 0.3) is 0 Å². The maximum Gasteiger partial charge on any atom is 0.251 e. The van der Waals surface area contributed by atoms with Crippen LogP contribution in [0.5, 0.6) is 0 Å². The molecule has 0 unspecified atom stereocenters. The van der Waals surface area contributed by atoms with Crippen molar-refractivity contribution in [2.45, 2.75) is 19.4 Å². The molecular weight excluding hydrogens is 340 g/mol. The average Bonchev–Trinajstić information content (AvgIpc) is 3.20. The normalized spacial score (nSPS) is 14.1. The second-order valence-electron chi connectivity index (χ2n) is 6.81. The summed E-state index contributed by atoms with van der Waals surface area (Å²) in [4.78, 5) is 26.7. The first-order chi connectivity index (χ1) is 13.1. The Bertz CT molecular complexity index is 783. The molecule has 1 fully saturated rings. The van der Waals surface area contributed by atoms with Crippen LogP contribution >= 0.6 is 0 Å². The predicted octanol–water partition coefficient (Wildman–Crippen LogP) is 2.02. The van der Waals surface area contributed by atoms with Gasteiger partial charge in [0, 0.05) is 36.4 Å². The second-order valence-corrected chi connectivity index (χ2v) is 6.81. The fourth-order valence-corrected chi connectivity index (χ4v) is 3.17. The van der Waals surface area contributed by atoms with E-state index in [2.05, 4.69) is 15.5 Å². The van der Waals surface area contributed by atoms with Gasteiger partial charge in [0.05, 0.1) is 0 Å². The van der Waals surface area contributed by atoms with E-state index in [9.17, 15) is 9.59 Å². The van der Waals surface area contributed by atoms with Gasteiger partial charge in [-0.3, -0.25) is 9.59 Å². The molecule has 0 saturated carbocycles. The molecule has 0 bridgehead atoms. The Balaban J connectivity index is 1.45. The van der Waals surface area contributed by atoms with Gasteiger partial charge in [-0.1, -0.05) is 18.2 Å². The summed E-state index contributed by atoms with van der Waals surface area (Å²) in [7, 11) is 0. The molecule has 27 heavy (non-hydrogen) atoms. The molecule has 1 saturated heterocycles. The van der Waals surface area contributed by atoms with Gasteiger partial charge in [0.15, 0.2) is 0 Å². The third-order valence-electron chi connectivity index (χ3n) is 4.73. The zero-order valence-electron chi connectivity index (χ0n) is 15.4. The molecule has 4 N–H and O–H groups in total. The van der Waals surface area contributed by atoms with Crippen molar-refractivity contribution >= 4 is 17.5 Å². The van der Waals surface area contributed by atoms with Crippen LogP contribution < -0.4 is 16.4 Å². The molecule has 0 spiro atoms. The third kappa shape index (κ3) is 5.56. The van der Waals surface area contributed by atoms with Crippen LogP contribution in [0, 0.1) is 0 Å². The summed E-state index contributed by atoms with van der Waals surface area (Å²) >= 11 is 0. The fourth-order valence-electron chi connectivity index (χ4n) is 3.17. The summed E-state index contributed by atoms with van der Waals surface area (Å²) in [5, 5.41) is 5.82. The highest BCUT2D eigenvalue weighted by atomic mass is 16.2. The monoisotopic (exact) mass is 366 g/mol. The van der Waals surface area contributed by atoms with Gasteiger partial charge in [0.25, 0.3) is 11.8 Å². The van der Waals surface area contributed by atoms with Crippen molar-refractivity contribution < 1.29 is 9.59 Å². The lowest BCUT2D eigenvalue weighted by Gasteiger charge is -2.14. The lowest BCUT2D eigenvalue weighted by molar-refractivity contribution is 0.0941. The minimum Gasteiger partial charge on any atom is -0.399 e. The number of nitrogens with one attached hydrogen (secondary N) is 2. The number of carbonyl (C=O) groups is 2. The maximum atomic E-state index is 12.2. The highest BCUT2D eigenvalue weighted by Crippen LogP contribution is 2.09. The molecule has 0 aromatic heterocycles. The first-order valence-electron chi connectivity index (χ1n) is 9.35. The minimum absolute atomic E-state index is 0.0652. The van der Waals surface area contributed by atoms with Crippen LogP contribution in [0.4, 0.5) is 5.69 Å². The van der Waals surface area contributed by atoms with Crippen LogP contribution in [0.1, 0.15) is 39.1 Å². The smallest absolute Gasteiger partial charge is 0.251 e. The van der Waals surface area contributed by atoms with Crippen molar-refractivity contribution in [1.82, 2.24) is 15.5 Å². The summed E-state index contributed by atoms with van der Waals surface area (Å²) in [6.45, 7) is 4.22. The lowest BCUT2D eigenvalue weighted by atomic mass is 10.1. The van der Waals surface area contributed by atoms with E-state index in [1.807, 2.05) is 12.1 Å². The van der Waals surface area contributed by atoms with Gasteiger partial charge in [-0.15, -0.1) is 0 Å². The highest BCUT2D eigenvalue weighted by Gasteiger charge is 2.12. The molecule has 1 aliphatic heterocycles. The zero-order valence-corrected chi connectivity index (χ0v) is 15.4. The Morgan fingerprint density at radius 1 is 0.926 bits per heavy atom. The number of nitrogens with two attached hydrogens (primary N) is 1. The summed E-state index contributed by atoms with van der Waals surface area (Å²) in [5.41, 5.74) is 8.35. The number of benzene rings is 2. The summed E-state index contributed by atoms with van der Waals surface area (Å²) in [6, 6.07) is 14.1. The standard InChI is InChI=1S/C21H26N4O2/c22-19-5-3-4-18(14-19)21(27)24-15-16-6-8-17(9-7-16)20(26)23-10-13-25-11-1-2-12-25/h3-9,14H,1-2,10-13,15,22H2,(H,23,26)(H,24,27). The molecule has 0 radical (unpaired) electrons. The van der Waals surface area contributed by atoms with Crippen LogP contribution in [0.15, 0.2) is 48.5 Å². The van der Waals surface area contributed by atoms with Crippen LogP contribution in [-0.4, -0.2) is 42.9 Å². The number of hydrogen-bond donors (Lipinski definition) is 3. The Morgan fingerprint density at radius 3 is 2.33 bits per heavy atom. The third-order valence-corrected chi connectivity index (χ3v) is 4.73. The SMILES string of the molecule is Nc1cccc(C(=O)NCc2ccc(C(=O)NCCN3CCCC3)cc2)c1. The number of nitrogen functional groups attached to an aromatic ring is 1. The van der Waals surface area contributed by atoms with E-state index in [4.69, 9.17) is 5.73 Å². The predicted molar refractivity (Wildman–Crippen MR) is 106 cm³/mol. The molecule has 2 amide bonds. The van der Waals surface area contributed by atoms with Gasteiger partial charge >= 0.3 is 0 Å². The lowest BCUT2D eigenvalue weighted by Crippen LogP contribution is -2.33. The number of hydrogen-bond acceptors (Lipinski definition) is 4. The van der Waals surface area contributed by atoms with E-state index >= 15 is 0 Å². The van der Waals surface area contributed by atoms with Crippen LogP contribution in [-0.2, 0) is 6.54 Å². The van der Waals surface area contributed by atoms with Crippen molar-refractivity contribution in [3.05, 3.63) is 65.2 Å². The molecule has 2 aromatic carbocycles. The van der Waals surface area contributed by atoms with Gasteiger partial charge in [-0.2, -0.15) is 0 Å². The maximum absolute atomic E-state index is 12.2. The van der Waals surface area contributed by atoms with Gasteiger partial charge in [-0.05, 0) is 61.8 Å². The van der Waals surface area contributed by atoms with E-state index in [1.54, 1.807) is 36.4 Å². The van der Waals surface area contributed by atoms with E-state index in [1.165, 1.54) is 12.8 Å². The number of carbonyl (C=O) groups excluding carboxylic acids is 2. The van der Waals surface area contributed by atoms with Crippen LogP contribution in [0.2, 0.25) is 0 Å². The molecule has 1 aliphatic rings. The van der Waals surface area contributed by atoms with E-state index in [0.29, 0.717) is 29.9 Å². The molecule has 0 aliphatic carbocycles. The van der Waals surface area contributed by atoms with Gasteiger partial charge in [0.1, 0.15) is 0 Å². The molecule has 142 valence electrons. The number of rotatable bonds is 7. The van der Waals surface area contributed by atoms with Crippen molar-refractivity contribution in [1.29, 1.82) is 0 Å². The Morgan fingerprint density at radius 2 is 1.63 bits per heavy atom. The minimum atomic E-state index is -0.175. The molecule has 2 aromatic rings. The topological polar surface area (TPSA) is 87.5 Å². The fraction of sp³-hybridized carbons (Fsp3) is 0.333. The van der Waals surface area contributed by atoms with Crippen molar-refractivity contribution in [2.24, 2.45) is 0 Å². The molecule has 6 heteroatoms.